The number of carbonyl (C=O) groups excluding carboxylic acids is 1. The number of cyclic esters (lactones) is 1. The van der Waals surface area contributed by atoms with E-state index < -0.39 is 17.8 Å². The summed E-state index contributed by atoms with van der Waals surface area (Å²) >= 11 is 0. The van der Waals surface area contributed by atoms with Crippen LogP contribution in [0, 0.1) is 35.5 Å². The molecular formula is C16H22O4. The minimum Gasteiger partial charge on any atom is -0.481 e. The molecule has 1 saturated heterocycles. The molecule has 4 nitrogen and oxygen atoms in total. The molecule has 2 fully saturated rings. The molecule has 0 aromatic rings. The standard InChI is InChI=1S/C16H22O4/c1-9-6-7-12-11-5-3-2-4-10(11)8-20-16(19)14(12)13(9)15(17)18/h6-7,9-14H,2-5,8H2,1H3,(H,17,18)/t9-,10+,11-,12-,13+,14+/m0/s1. The number of hydrogen-bond donors (Lipinski definition) is 1. The Morgan fingerprint density at radius 1 is 1.30 bits per heavy atom. The molecule has 1 N–H and O–H groups in total. The normalized spacial score (nSPS) is 44.0. The van der Waals surface area contributed by atoms with Gasteiger partial charge in [0, 0.05) is 0 Å². The van der Waals surface area contributed by atoms with Crippen molar-refractivity contribution in [3.05, 3.63) is 12.2 Å². The quantitative estimate of drug-likeness (QED) is 0.591. The monoisotopic (exact) mass is 278 g/mol. The predicted octanol–water partition coefficient (Wildman–Crippen LogP) is 2.49. The van der Waals surface area contributed by atoms with Gasteiger partial charge >= 0.3 is 11.9 Å². The van der Waals surface area contributed by atoms with Gasteiger partial charge in [-0.2, -0.15) is 0 Å². The molecule has 0 unspecified atom stereocenters. The van der Waals surface area contributed by atoms with Crippen LogP contribution in [0.5, 0.6) is 0 Å². The number of carbonyl (C=O) groups is 2. The molecule has 0 bridgehead atoms. The minimum atomic E-state index is -0.872. The maximum atomic E-state index is 12.3. The smallest absolute Gasteiger partial charge is 0.310 e. The molecule has 0 aromatic heterocycles. The highest BCUT2D eigenvalue weighted by atomic mass is 16.5. The third-order valence-electron chi connectivity index (χ3n) is 5.46. The highest BCUT2D eigenvalue weighted by molar-refractivity contribution is 5.82. The van der Waals surface area contributed by atoms with Gasteiger partial charge in [-0.1, -0.05) is 31.9 Å². The molecular weight excluding hydrogens is 256 g/mol. The van der Waals surface area contributed by atoms with Crippen LogP contribution >= 0.6 is 0 Å². The molecule has 1 aliphatic heterocycles. The minimum absolute atomic E-state index is 0.0487. The SMILES string of the molecule is C[C@H]1C=C[C@H]2[C@H]3CCCC[C@@H]3COC(=O)[C@H]2[C@@H]1C(=O)O. The summed E-state index contributed by atoms with van der Waals surface area (Å²) in [5, 5.41) is 9.51. The number of rotatable bonds is 1. The molecule has 0 spiro atoms. The molecule has 110 valence electrons. The Kier molecular flexibility index (Phi) is 3.57. The van der Waals surface area contributed by atoms with Crippen LogP contribution < -0.4 is 0 Å². The van der Waals surface area contributed by atoms with E-state index in [0.717, 1.165) is 12.8 Å². The van der Waals surface area contributed by atoms with Crippen LogP contribution in [0.15, 0.2) is 12.2 Å². The second-order valence-corrected chi connectivity index (χ2v) is 6.55. The van der Waals surface area contributed by atoms with E-state index in [0.29, 0.717) is 18.4 Å². The van der Waals surface area contributed by atoms with Gasteiger partial charge < -0.3 is 9.84 Å². The van der Waals surface area contributed by atoms with E-state index >= 15 is 0 Å². The Morgan fingerprint density at radius 2 is 2.05 bits per heavy atom. The summed E-state index contributed by atoms with van der Waals surface area (Å²) in [4.78, 5) is 23.9. The van der Waals surface area contributed by atoms with Crippen molar-refractivity contribution >= 4 is 11.9 Å². The van der Waals surface area contributed by atoms with Crippen LogP contribution in [-0.4, -0.2) is 23.7 Å². The van der Waals surface area contributed by atoms with Crippen LogP contribution in [0.25, 0.3) is 0 Å². The summed E-state index contributed by atoms with van der Waals surface area (Å²) in [6, 6.07) is 0. The zero-order valence-electron chi connectivity index (χ0n) is 11.8. The second kappa shape index (κ2) is 5.23. The number of aliphatic carboxylic acids is 1. The molecule has 4 heteroatoms. The molecule has 0 radical (unpaired) electrons. The lowest BCUT2D eigenvalue weighted by atomic mass is 9.62. The van der Waals surface area contributed by atoms with E-state index in [2.05, 4.69) is 6.08 Å². The third kappa shape index (κ3) is 2.15. The number of hydrogen-bond acceptors (Lipinski definition) is 3. The second-order valence-electron chi connectivity index (χ2n) is 6.55. The molecule has 0 amide bonds. The largest absolute Gasteiger partial charge is 0.481 e. The molecule has 1 heterocycles. The average molecular weight is 278 g/mol. The van der Waals surface area contributed by atoms with Gasteiger partial charge in [-0.05, 0) is 36.5 Å². The van der Waals surface area contributed by atoms with Crippen LogP contribution in [0.3, 0.4) is 0 Å². The summed E-state index contributed by atoms with van der Waals surface area (Å²) < 4.78 is 5.43. The fraction of sp³-hybridized carbons (Fsp3) is 0.750. The van der Waals surface area contributed by atoms with Crippen LogP contribution in [-0.2, 0) is 14.3 Å². The maximum absolute atomic E-state index is 12.3. The third-order valence-corrected chi connectivity index (χ3v) is 5.46. The van der Waals surface area contributed by atoms with Crippen molar-refractivity contribution in [1.82, 2.24) is 0 Å². The van der Waals surface area contributed by atoms with Gasteiger partial charge in [0.15, 0.2) is 0 Å². The Morgan fingerprint density at radius 3 is 2.80 bits per heavy atom. The molecule has 1 saturated carbocycles. The molecule has 0 aromatic carbocycles. The lowest BCUT2D eigenvalue weighted by molar-refractivity contribution is -0.160. The van der Waals surface area contributed by atoms with Crippen molar-refractivity contribution in [3.8, 4) is 0 Å². The van der Waals surface area contributed by atoms with E-state index in [-0.39, 0.29) is 17.8 Å². The predicted molar refractivity (Wildman–Crippen MR) is 72.8 cm³/mol. The van der Waals surface area contributed by atoms with Crippen molar-refractivity contribution in [2.24, 2.45) is 35.5 Å². The first kappa shape index (κ1) is 13.7. The summed E-state index contributed by atoms with van der Waals surface area (Å²) in [5.41, 5.74) is 0. The van der Waals surface area contributed by atoms with Crippen LogP contribution in [0.1, 0.15) is 32.6 Å². The van der Waals surface area contributed by atoms with Crippen LogP contribution in [0.2, 0.25) is 0 Å². The number of allylic oxidation sites excluding steroid dienone is 2. The molecule has 3 aliphatic rings. The lowest BCUT2D eigenvalue weighted by Gasteiger charge is -2.39. The van der Waals surface area contributed by atoms with Crippen molar-refractivity contribution in [3.63, 3.8) is 0 Å². The Balaban J connectivity index is 1.98. The Hall–Kier alpha value is -1.32. The lowest BCUT2D eigenvalue weighted by Crippen LogP contribution is -2.43. The summed E-state index contributed by atoms with van der Waals surface area (Å²) in [6.07, 6.45) is 8.66. The van der Waals surface area contributed by atoms with E-state index in [1.807, 2.05) is 13.0 Å². The summed E-state index contributed by atoms with van der Waals surface area (Å²) in [7, 11) is 0. The van der Waals surface area contributed by atoms with Gasteiger partial charge in [0.05, 0.1) is 18.4 Å². The first-order valence-corrected chi connectivity index (χ1v) is 7.67. The summed E-state index contributed by atoms with van der Waals surface area (Å²) in [6.45, 7) is 2.35. The number of carboxylic acids is 1. The Bertz CT molecular complexity index is 442. The van der Waals surface area contributed by atoms with Crippen molar-refractivity contribution < 1.29 is 19.4 Å². The topological polar surface area (TPSA) is 63.6 Å². The van der Waals surface area contributed by atoms with Gasteiger partial charge in [-0.25, -0.2) is 0 Å². The van der Waals surface area contributed by atoms with Gasteiger partial charge in [-0.3, -0.25) is 9.59 Å². The molecule has 3 rings (SSSR count). The number of esters is 1. The van der Waals surface area contributed by atoms with Crippen molar-refractivity contribution in [2.45, 2.75) is 32.6 Å². The van der Waals surface area contributed by atoms with Gasteiger partial charge in [0.2, 0.25) is 0 Å². The number of ether oxygens (including phenoxy) is 1. The highest BCUT2D eigenvalue weighted by Gasteiger charge is 2.50. The molecule has 20 heavy (non-hydrogen) atoms. The number of carboxylic acid groups (broad SMARTS) is 1. The van der Waals surface area contributed by atoms with E-state index in [1.54, 1.807) is 0 Å². The fourth-order valence-electron chi connectivity index (χ4n) is 4.44. The van der Waals surface area contributed by atoms with E-state index in [9.17, 15) is 14.7 Å². The zero-order chi connectivity index (χ0) is 14.3. The number of fused-ring (bicyclic) bond motifs is 3. The van der Waals surface area contributed by atoms with Crippen molar-refractivity contribution in [2.75, 3.05) is 6.61 Å². The molecule has 2 aliphatic carbocycles. The van der Waals surface area contributed by atoms with Crippen molar-refractivity contribution in [1.29, 1.82) is 0 Å². The van der Waals surface area contributed by atoms with Gasteiger partial charge in [0.25, 0.3) is 0 Å². The summed E-state index contributed by atoms with van der Waals surface area (Å²) in [5.74, 6) is -1.55. The van der Waals surface area contributed by atoms with Gasteiger partial charge in [0.1, 0.15) is 0 Å². The van der Waals surface area contributed by atoms with E-state index in [4.69, 9.17) is 4.74 Å². The first-order chi connectivity index (χ1) is 9.59. The maximum Gasteiger partial charge on any atom is 0.310 e. The first-order valence-electron chi connectivity index (χ1n) is 7.67. The highest BCUT2D eigenvalue weighted by Crippen LogP contribution is 2.47. The van der Waals surface area contributed by atoms with Crippen LogP contribution in [0.4, 0.5) is 0 Å². The average Bonchev–Trinajstić information content (AvgIpc) is 2.57. The zero-order valence-corrected chi connectivity index (χ0v) is 11.8. The van der Waals surface area contributed by atoms with E-state index in [1.165, 1.54) is 12.8 Å². The van der Waals surface area contributed by atoms with Gasteiger partial charge in [-0.15, -0.1) is 0 Å². The fourth-order valence-corrected chi connectivity index (χ4v) is 4.44. The molecule has 6 atom stereocenters. The Labute approximate surface area is 119 Å².